The van der Waals surface area contributed by atoms with Crippen LogP contribution in [-0.4, -0.2) is 60.9 Å². The van der Waals surface area contributed by atoms with Crippen molar-refractivity contribution in [3.8, 4) is 0 Å². The highest BCUT2D eigenvalue weighted by molar-refractivity contribution is 6.31. The van der Waals surface area contributed by atoms with E-state index in [-0.39, 0.29) is 25.5 Å². The number of amides is 1. The molecule has 0 unspecified atom stereocenters. The average molecular weight is 465 g/mol. The van der Waals surface area contributed by atoms with E-state index < -0.39 is 12.0 Å². The maximum atomic E-state index is 13.0. The molecule has 1 amide bonds. The number of nitrogen functional groups attached to an aromatic ring is 1. The highest BCUT2D eigenvalue weighted by Gasteiger charge is 2.37. The van der Waals surface area contributed by atoms with Crippen LogP contribution in [-0.2, 0) is 22.7 Å². The Balaban J connectivity index is 1.35. The number of carbonyl (C=O) groups is 2. The van der Waals surface area contributed by atoms with Crippen molar-refractivity contribution in [2.45, 2.75) is 19.1 Å². The molecule has 2 aromatic heterocycles. The predicted octanol–water partition coefficient (Wildman–Crippen LogP) is 2.64. The molecule has 3 heterocycles. The van der Waals surface area contributed by atoms with Crippen molar-refractivity contribution in [2.24, 2.45) is 0 Å². The molecular formula is C23H21ClN6O3. The fourth-order valence-electron chi connectivity index (χ4n) is 4.30. The molecule has 1 saturated heterocycles. The highest BCUT2D eigenvalue weighted by atomic mass is 35.5. The van der Waals surface area contributed by atoms with Gasteiger partial charge in [0.15, 0.2) is 0 Å². The Labute approximate surface area is 193 Å². The van der Waals surface area contributed by atoms with Gasteiger partial charge >= 0.3 is 5.97 Å². The molecule has 0 aliphatic carbocycles. The van der Waals surface area contributed by atoms with Crippen LogP contribution in [0.2, 0.25) is 5.02 Å². The Hall–Kier alpha value is -3.69. The van der Waals surface area contributed by atoms with Gasteiger partial charge in [0.1, 0.15) is 18.2 Å². The number of nitrogens with one attached hydrogen (secondary N) is 1. The number of nitrogens with two attached hydrogens (primary N) is 1. The zero-order valence-electron chi connectivity index (χ0n) is 17.5. The van der Waals surface area contributed by atoms with Gasteiger partial charge in [-0.05, 0) is 42.0 Å². The van der Waals surface area contributed by atoms with Gasteiger partial charge in [0.05, 0.1) is 12.1 Å². The number of hydrogen-bond acceptors (Lipinski definition) is 6. The Morgan fingerprint density at radius 3 is 2.85 bits per heavy atom. The van der Waals surface area contributed by atoms with Crippen LogP contribution in [0.3, 0.4) is 0 Å². The number of rotatable bonds is 5. The van der Waals surface area contributed by atoms with Crippen molar-refractivity contribution >= 4 is 51.1 Å². The first-order valence-corrected chi connectivity index (χ1v) is 10.8. The standard InChI is InChI=1S/C23H21ClN6O3/c24-15-2-4-18-14(6-15)7-16(28-18)9-29-10-20(23(32)33)30(21(31)11-29)8-13-1-3-17-19(5-13)26-12-27-22(17)25/h1-7,12,20,28H,8-11H2,(H,32,33)(H2,25,26,27)/t20-/m0/s1. The Kier molecular flexibility index (Phi) is 5.35. The zero-order valence-corrected chi connectivity index (χ0v) is 18.3. The van der Waals surface area contributed by atoms with Crippen molar-refractivity contribution < 1.29 is 14.7 Å². The second-order valence-electron chi connectivity index (χ2n) is 8.18. The molecule has 4 N–H and O–H groups in total. The summed E-state index contributed by atoms with van der Waals surface area (Å²) < 4.78 is 0. The molecule has 1 atom stereocenters. The molecule has 4 aromatic rings. The molecule has 2 aromatic carbocycles. The third kappa shape index (κ3) is 4.20. The van der Waals surface area contributed by atoms with Crippen LogP contribution >= 0.6 is 11.6 Å². The predicted molar refractivity (Wildman–Crippen MR) is 125 cm³/mol. The monoisotopic (exact) mass is 464 g/mol. The Morgan fingerprint density at radius 2 is 2.03 bits per heavy atom. The van der Waals surface area contributed by atoms with Gasteiger partial charge < -0.3 is 20.7 Å². The van der Waals surface area contributed by atoms with Gasteiger partial charge in [-0.15, -0.1) is 0 Å². The minimum atomic E-state index is -1.04. The fourth-order valence-corrected chi connectivity index (χ4v) is 4.48. The number of aromatic nitrogens is 3. The molecule has 10 heteroatoms. The number of benzene rings is 2. The number of carbonyl (C=O) groups excluding carboxylic acids is 1. The largest absolute Gasteiger partial charge is 0.480 e. The number of halogens is 1. The fraction of sp³-hybridized carbons (Fsp3) is 0.217. The van der Waals surface area contributed by atoms with E-state index in [2.05, 4.69) is 15.0 Å². The van der Waals surface area contributed by atoms with Gasteiger partial charge in [0, 0.05) is 46.6 Å². The molecule has 168 valence electrons. The van der Waals surface area contributed by atoms with Crippen LogP contribution in [0, 0.1) is 0 Å². The van der Waals surface area contributed by atoms with E-state index in [0.29, 0.717) is 28.3 Å². The number of carboxylic acid groups (broad SMARTS) is 1. The summed E-state index contributed by atoms with van der Waals surface area (Å²) in [7, 11) is 0. The number of aromatic amines is 1. The highest BCUT2D eigenvalue weighted by Crippen LogP contribution is 2.24. The van der Waals surface area contributed by atoms with E-state index in [1.54, 1.807) is 12.1 Å². The smallest absolute Gasteiger partial charge is 0.327 e. The number of carboxylic acids is 1. The molecule has 9 nitrogen and oxygen atoms in total. The molecule has 1 aliphatic rings. The molecule has 1 aliphatic heterocycles. The van der Waals surface area contributed by atoms with E-state index in [1.165, 1.54) is 11.2 Å². The average Bonchev–Trinajstić information content (AvgIpc) is 3.16. The number of hydrogen-bond donors (Lipinski definition) is 3. The number of anilines is 1. The number of aliphatic carboxylic acids is 1. The first kappa shape index (κ1) is 21.2. The first-order valence-electron chi connectivity index (χ1n) is 10.4. The summed E-state index contributed by atoms with van der Waals surface area (Å²) in [6, 6.07) is 12.0. The summed E-state index contributed by atoms with van der Waals surface area (Å²) in [5.74, 6) is -0.905. The summed E-state index contributed by atoms with van der Waals surface area (Å²) in [4.78, 5) is 39.8. The van der Waals surface area contributed by atoms with Crippen LogP contribution < -0.4 is 5.73 Å². The van der Waals surface area contributed by atoms with Crippen LogP contribution in [0.5, 0.6) is 0 Å². The molecular weight excluding hydrogens is 444 g/mol. The number of H-pyrrole nitrogens is 1. The minimum Gasteiger partial charge on any atom is -0.480 e. The minimum absolute atomic E-state index is 0.128. The van der Waals surface area contributed by atoms with Crippen LogP contribution in [0.1, 0.15) is 11.3 Å². The number of fused-ring (bicyclic) bond motifs is 2. The summed E-state index contributed by atoms with van der Waals surface area (Å²) >= 11 is 6.06. The van der Waals surface area contributed by atoms with Crippen molar-refractivity contribution in [3.63, 3.8) is 0 Å². The SMILES string of the molecule is Nc1ncnc2cc(CN3C(=O)CN(Cc4cc5cc(Cl)ccc5[nH]4)C[C@H]3C(=O)O)ccc12. The van der Waals surface area contributed by atoms with Crippen molar-refractivity contribution in [3.05, 3.63) is 65.1 Å². The molecule has 0 saturated carbocycles. The van der Waals surface area contributed by atoms with E-state index in [1.807, 2.05) is 35.2 Å². The van der Waals surface area contributed by atoms with Crippen LogP contribution in [0.4, 0.5) is 5.82 Å². The van der Waals surface area contributed by atoms with Gasteiger partial charge in [-0.1, -0.05) is 17.7 Å². The molecule has 33 heavy (non-hydrogen) atoms. The quantitative estimate of drug-likeness (QED) is 0.414. The topological polar surface area (TPSA) is 128 Å². The summed E-state index contributed by atoms with van der Waals surface area (Å²) in [6.07, 6.45) is 1.38. The Bertz CT molecular complexity index is 1390. The van der Waals surface area contributed by atoms with Crippen molar-refractivity contribution in [1.29, 1.82) is 0 Å². The number of nitrogens with zero attached hydrogens (tertiary/aromatic N) is 4. The van der Waals surface area contributed by atoms with Gasteiger partial charge in [-0.25, -0.2) is 14.8 Å². The molecule has 0 bridgehead atoms. The maximum absolute atomic E-state index is 13.0. The lowest BCUT2D eigenvalue weighted by atomic mass is 10.1. The lowest BCUT2D eigenvalue weighted by Crippen LogP contribution is -2.58. The summed E-state index contributed by atoms with van der Waals surface area (Å²) in [5, 5.41) is 12.2. The number of piperazine rings is 1. The van der Waals surface area contributed by atoms with Crippen molar-refractivity contribution in [1.82, 2.24) is 24.8 Å². The lowest BCUT2D eigenvalue weighted by molar-refractivity contribution is -0.156. The second-order valence-corrected chi connectivity index (χ2v) is 8.62. The lowest BCUT2D eigenvalue weighted by Gasteiger charge is -2.38. The van der Waals surface area contributed by atoms with Gasteiger partial charge in [0.25, 0.3) is 0 Å². The van der Waals surface area contributed by atoms with Crippen molar-refractivity contribution in [2.75, 3.05) is 18.8 Å². The van der Waals surface area contributed by atoms with Crippen LogP contribution in [0.25, 0.3) is 21.8 Å². The normalized spacial score (nSPS) is 17.2. The molecule has 0 spiro atoms. The van der Waals surface area contributed by atoms with E-state index in [0.717, 1.165) is 22.2 Å². The van der Waals surface area contributed by atoms with Gasteiger partial charge in [-0.2, -0.15) is 0 Å². The maximum Gasteiger partial charge on any atom is 0.327 e. The van der Waals surface area contributed by atoms with Gasteiger partial charge in [-0.3, -0.25) is 9.69 Å². The molecule has 0 radical (unpaired) electrons. The summed E-state index contributed by atoms with van der Waals surface area (Å²) in [6.45, 7) is 0.957. The third-order valence-corrected chi connectivity index (χ3v) is 6.12. The van der Waals surface area contributed by atoms with Gasteiger partial charge in [0.2, 0.25) is 5.91 Å². The Morgan fingerprint density at radius 1 is 1.18 bits per heavy atom. The third-order valence-electron chi connectivity index (χ3n) is 5.89. The summed E-state index contributed by atoms with van der Waals surface area (Å²) in [5.41, 5.74) is 9.14. The van der Waals surface area contributed by atoms with E-state index in [4.69, 9.17) is 17.3 Å². The molecule has 1 fully saturated rings. The molecule has 5 rings (SSSR count). The second kappa shape index (κ2) is 8.34. The first-order chi connectivity index (χ1) is 15.9. The van der Waals surface area contributed by atoms with Crippen LogP contribution in [0.15, 0.2) is 48.8 Å². The van der Waals surface area contributed by atoms with E-state index >= 15 is 0 Å². The zero-order chi connectivity index (χ0) is 23.1. The van der Waals surface area contributed by atoms with E-state index in [9.17, 15) is 14.7 Å².